The Hall–Kier alpha value is -2.36. The van der Waals surface area contributed by atoms with Gasteiger partial charge in [-0.25, -0.2) is 4.79 Å². The van der Waals surface area contributed by atoms with Gasteiger partial charge in [-0.2, -0.15) is 0 Å². The van der Waals surface area contributed by atoms with Gasteiger partial charge in [0.15, 0.2) is 0 Å². The number of likely N-dealkylation sites (N-methyl/N-ethyl adjacent to an activating group) is 1. The monoisotopic (exact) mass is 297 g/mol. The van der Waals surface area contributed by atoms with Crippen molar-refractivity contribution in [2.45, 2.75) is 25.3 Å². The molecule has 1 aliphatic rings. The van der Waals surface area contributed by atoms with E-state index in [2.05, 4.69) is 30.3 Å². The van der Waals surface area contributed by atoms with Crippen LogP contribution in [0.1, 0.15) is 24.8 Å². The summed E-state index contributed by atoms with van der Waals surface area (Å²) < 4.78 is 0. The molecule has 2 aromatic rings. The predicted octanol–water partition coefficient (Wildman–Crippen LogP) is 2.87. The molecule has 22 heavy (non-hydrogen) atoms. The molecule has 1 N–H and O–H groups in total. The van der Waals surface area contributed by atoms with Gasteiger partial charge in [-0.1, -0.05) is 42.5 Å². The van der Waals surface area contributed by atoms with Crippen molar-refractivity contribution in [2.75, 3.05) is 7.05 Å². The van der Waals surface area contributed by atoms with E-state index in [1.807, 2.05) is 12.1 Å². The van der Waals surface area contributed by atoms with Crippen molar-refractivity contribution in [1.82, 2.24) is 4.90 Å². The standard InChI is InChI=1S/C18H19NO3/c1-11(18(21)22)19(2)17(20)16-10-15(16)14-8-7-12-5-3-4-6-13(12)9-14/h3-9,11,15-16H,10H2,1-2H3,(H,21,22). The summed E-state index contributed by atoms with van der Waals surface area (Å²) in [6, 6.07) is 13.6. The van der Waals surface area contributed by atoms with Crippen molar-refractivity contribution in [1.29, 1.82) is 0 Å². The summed E-state index contributed by atoms with van der Waals surface area (Å²) >= 11 is 0. The topological polar surface area (TPSA) is 57.6 Å². The molecule has 0 spiro atoms. The van der Waals surface area contributed by atoms with E-state index in [-0.39, 0.29) is 17.7 Å². The summed E-state index contributed by atoms with van der Waals surface area (Å²) in [6.07, 6.45) is 0.799. The van der Waals surface area contributed by atoms with E-state index in [9.17, 15) is 9.59 Å². The molecule has 4 nitrogen and oxygen atoms in total. The lowest BCUT2D eigenvalue weighted by atomic mass is 10.0. The van der Waals surface area contributed by atoms with Crippen LogP contribution in [0.4, 0.5) is 0 Å². The van der Waals surface area contributed by atoms with Gasteiger partial charge in [-0.3, -0.25) is 4.79 Å². The van der Waals surface area contributed by atoms with Crippen LogP contribution in [0, 0.1) is 5.92 Å². The van der Waals surface area contributed by atoms with Crippen LogP contribution in [0.2, 0.25) is 0 Å². The number of carbonyl (C=O) groups is 2. The van der Waals surface area contributed by atoms with E-state index in [4.69, 9.17) is 5.11 Å². The highest BCUT2D eigenvalue weighted by Gasteiger charge is 2.46. The van der Waals surface area contributed by atoms with E-state index in [1.165, 1.54) is 22.6 Å². The van der Waals surface area contributed by atoms with Crippen LogP contribution in [0.25, 0.3) is 10.8 Å². The molecule has 1 saturated carbocycles. The number of carbonyl (C=O) groups excluding carboxylic acids is 1. The second kappa shape index (κ2) is 5.44. The van der Waals surface area contributed by atoms with Gasteiger partial charge in [0.1, 0.15) is 6.04 Å². The first kappa shape index (κ1) is 14.6. The maximum Gasteiger partial charge on any atom is 0.326 e. The van der Waals surface area contributed by atoms with Crippen LogP contribution in [-0.2, 0) is 9.59 Å². The first-order valence-electron chi connectivity index (χ1n) is 7.47. The summed E-state index contributed by atoms with van der Waals surface area (Å²) in [5, 5.41) is 11.4. The maximum absolute atomic E-state index is 12.4. The number of hydrogen-bond donors (Lipinski definition) is 1. The highest BCUT2D eigenvalue weighted by molar-refractivity contribution is 5.88. The third kappa shape index (κ3) is 2.56. The number of carboxylic acid groups (broad SMARTS) is 1. The number of carboxylic acids is 1. The van der Waals surface area contributed by atoms with Gasteiger partial charge in [0.25, 0.3) is 0 Å². The lowest BCUT2D eigenvalue weighted by Crippen LogP contribution is -2.41. The van der Waals surface area contributed by atoms with Crippen LogP contribution in [0.15, 0.2) is 42.5 Å². The molecule has 0 heterocycles. The smallest absolute Gasteiger partial charge is 0.326 e. The minimum atomic E-state index is -0.973. The Morgan fingerprint density at radius 2 is 1.86 bits per heavy atom. The first-order valence-corrected chi connectivity index (χ1v) is 7.47. The normalized spacial score (nSPS) is 21.4. The van der Waals surface area contributed by atoms with Crippen molar-refractivity contribution >= 4 is 22.6 Å². The van der Waals surface area contributed by atoms with Gasteiger partial charge in [0.05, 0.1) is 0 Å². The summed E-state index contributed by atoms with van der Waals surface area (Å²) in [4.78, 5) is 24.7. The molecule has 1 fully saturated rings. The summed E-state index contributed by atoms with van der Waals surface area (Å²) in [6.45, 7) is 1.54. The van der Waals surface area contributed by atoms with E-state index >= 15 is 0 Å². The molecular formula is C18H19NO3. The number of amides is 1. The summed E-state index contributed by atoms with van der Waals surface area (Å²) in [5.41, 5.74) is 1.16. The van der Waals surface area contributed by atoms with Gasteiger partial charge in [-0.05, 0) is 35.6 Å². The Balaban J connectivity index is 1.75. The SMILES string of the molecule is CC(C(=O)O)N(C)C(=O)C1CC1c1ccc2ccccc2c1. The zero-order valence-electron chi connectivity index (χ0n) is 12.7. The average molecular weight is 297 g/mol. The first-order chi connectivity index (χ1) is 10.5. The van der Waals surface area contributed by atoms with E-state index in [0.29, 0.717) is 0 Å². The van der Waals surface area contributed by atoms with Crippen molar-refractivity contribution in [3.05, 3.63) is 48.0 Å². The molecule has 3 unspecified atom stereocenters. The molecule has 1 aliphatic carbocycles. The molecular weight excluding hydrogens is 278 g/mol. The second-order valence-corrected chi connectivity index (χ2v) is 6.02. The molecule has 1 amide bonds. The fourth-order valence-corrected chi connectivity index (χ4v) is 2.89. The van der Waals surface area contributed by atoms with E-state index in [0.717, 1.165) is 12.0 Å². The molecule has 4 heteroatoms. The number of rotatable bonds is 4. The maximum atomic E-state index is 12.4. The lowest BCUT2D eigenvalue weighted by Gasteiger charge is -2.21. The highest BCUT2D eigenvalue weighted by atomic mass is 16.4. The largest absolute Gasteiger partial charge is 0.480 e. The minimum Gasteiger partial charge on any atom is -0.480 e. The van der Waals surface area contributed by atoms with Gasteiger partial charge in [-0.15, -0.1) is 0 Å². The molecule has 0 aromatic heterocycles. The fourth-order valence-electron chi connectivity index (χ4n) is 2.89. The Morgan fingerprint density at radius 1 is 1.18 bits per heavy atom. The van der Waals surface area contributed by atoms with Gasteiger partial charge in [0, 0.05) is 13.0 Å². The third-order valence-corrected chi connectivity index (χ3v) is 4.60. The zero-order valence-corrected chi connectivity index (χ0v) is 12.7. The second-order valence-electron chi connectivity index (χ2n) is 6.02. The van der Waals surface area contributed by atoms with Gasteiger partial charge in [0.2, 0.25) is 5.91 Å². The summed E-state index contributed by atoms with van der Waals surface area (Å²) in [7, 11) is 1.57. The molecule has 0 radical (unpaired) electrons. The number of nitrogens with zero attached hydrogens (tertiary/aromatic N) is 1. The minimum absolute atomic E-state index is 0.0759. The zero-order chi connectivity index (χ0) is 15.9. The van der Waals surface area contributed by atoms with Crippen molar-refractivity contribution in [2.24, 2.45) is 5.92 Å². The molecule has 0 saturated heterocycles. The van der Waals surface area contributed by atoms with Crippen LogP contribution in [0.3, 0.4) is 0 Å². The number of fused-ring (bicyclic) bond motifs is 1. The van der Waals surface area contributed by atoms with Crippen LogP contribution >= 0.6 is 0 Å². The number of benzene rings is 2. The van der Waals surface area contributed by atoms with E-state index in [1.54, 1.807) is 7.05 Å². The predicted molar refractivity (Wildman–Crippen MR) is 84.7 cm³/mol. The molecule has 3 rings (SSSR count). The molecule has 114 valence electrons. The molecule has 0 aliphatic heterocycles. The Morgan fingerprint density at radius 3 is 2.55 bits per heavy atom. The lowest BCUT2D eigenvalue weighted by molar-refractivity contribution is -0.148. The quantitative estimate of drug-likeness (QED) is 0.944. The van der Waals surface area contributed by atoms with Gasteiger partial charge >= 0.3 is 5.97 Å². The average Bonchev–Trinajstić information content (AvgIpc) is 3.32. The Kier molecular flexibility index (Phi) is 3.61. The van der Waals surface area contributed by atoms with Crippen molar-refractivity contribution in [3.8, 4) is 0 Å². The molecule has 2 aromatic carbocycles. The number of hydrogen-bond acceptors (Lipinski definition) is 2. The Bertz CT molecular complexity index is 740. The summed E-state index contributed by atoms with van der Waals surface area (Å²) in [5.74, 6) is -0.930. The van der Waals surface area contributed by atoms with Crippen molar-refractivity contribution in [3.63, 3.8) is 0 Å². The van der Waals surface area contributed by atoms with Crippen LogP contribution in [-0.4, -0.2) is 35.0 Å². The molecule has 3 atom stereocenters. The highest BCUT2D eigenvalue weighted by Crippen LogP contribution is 2.49. The Labute approximate surface area is 129 Å². The van der Waals surface area contributed by atoms with Gasteiger partial charge < -0.3 is 10.0 Å². The van der Waals surface area contributed by atoms with Crippen LogP contribution < -0.4 is 0 Å². The fraction of sp³-hybridized carbons (Fsp3) is 0.333. The molecule has 0 bridgehead atoms. The number of aliphatic carboxylic acids is 1. The van der Waals surface area contributed by atoms with Crippen molar-refractivity contribution < 1.29 is 14.7 Å². The third-order valence-electron chi connectivity index (χ3n) is 4.60. The van der Waals surface area contributed by atoms with E-state index < -0.39 is 12.0 Å². The van der Waals surface area contributed by atoms with Crippen LogP contribution in [0.5, 0.6) is 0 Å².